The summed E-state index contributed by atoms with van der Waals surface area (Å²) in [5.74, 6) is -1.77. The van der Waals surface area contributed by atoms with Gasteiger partial charge in [0, 0.05) is 11.8 Å². The molecular formula is C13H9F2NO. The number of hydrogen-bond acceptors (Lipinski definition) is 2. The predicted octanol–water partition coefficient (Wildman–Crippen LogP) is 2.90. The molecule has 0 bridgehead atoms. The van der Waals surface area contributed by atoms with Gasteiger partial charge in [0.05, 0.1) is 11.8 Å². The van der Waals surface area contributed by atoms with Crippen LogP contribution in [0.4, 0.5) is 8.78 Å². The van der Waals surface area contributed by atoms with Gasteiger partial charge in [0.25, 0.3) is 0 Å². The van der Waals surface area contributed by atoms with Crippen molar-refractivity contribution in [2.24, 2.45) is 0 Å². The summed E-state index contributed by atoms with van der Waals surface area (Å²) in [7, 11) is 0. The summed E-state index contributed by atoms with van der Waals surface area (Å²) in [5.41, 5.74) is 0.639. The monoisotopic (exact) mass is 233 g/mol. The van der Waals surface area contributed by atoms with Crippen molar-refractivity contribution in [3.05, 3.63) is 65.0 Å². The van der Waals surface area contributed by atoms with Crippen molar-refractivity contribution >= 4 is 5.78 Å². The third-order valence-corrected chi connectivity index (χ3v) is 2.32. The Morgan fingerprint density at radius 2 is 2.00 bits per heavy atom. The molecule has 0 aliphatic heterocycles. The molecule has 0 fully saturated rings. The minimum atomic E-state index is -0.709. The van der Waals surface area contributed by atoms with E-state index in [0.717, 1.165) is 12.3 Å². The van der Waals surface area contributed by atoms with Gasteiger partial charge in [-0.25, -0.2) is 8.78 Å². The van der Waals surface area contributed by atoms with Crippen LogP contribution in [0.1, 0.15) is 21.5 Å². The third-order valence-electron chi connectivity index (χ3n) is 2.32. The molecule has 0 saturated carbocycles. The average molecular weight is 233 g/mol. The maximum absolute atomic E-state index is 13.3. The van der Waals surface area contributed by atoms with Gasteiger partial charge >= 0.3 is 0 Å². The number of nitrogens with zero attached hydrogens (tertiary/aromatic N) is 1. The van der Waals surface area contributed by atoms with Gasteiger partial charge in [-0.05, 0) is 36.8 Å². The highest BCUT2D eigenvalue weighted by Crippen LogP contribution is 2.15. The summed E-state index contributed by atoms with van der Waals surface area (Å²) < 4.78 is 26.5. The van der Waals surface area contributed by atoms with E-state index < -0.39 is 17.4 Å². The van der Waals surface area contributed by atoms with E-state index >= 15 is 0 Å². The first-order chi connectivity index (χ1) is 8.08. The first-order valence-corrected chi connectivity index (χ1v) is 4.99. The summed E-state index contributed by atoms with van der Waals surface area (Å²) in [5, 5.41) is 0. The zero-order valence-corrected chi connectivity index (χ0v) is 9.08. The van der Waals surface area contributed by atoms with Crippen LogP contribution >= 0.6 is 0 Å². The fourth-order valence-corrected chi connectivity index (χ4v) is 1.58. The lowest BCUT2D eigenvalue weighted by Gasteiger charge is -2.03. The predicted molar refractivity (Wildman–Crippen MR) is 58.8 cm³/mol. The Kier molecular flexibility index (Phi) is 2.95. The highest BCUT2D eigenvalue weighted by atomic mass is 19.1. The molecule has 0 radical (unpaired) electrons. The van der Waals surface area contributed by atoms with Crippen LogP contribution in [0.25, 0.3) is 0 Å². The number of halogens is 2. The Bertz CT molecular complexity index is 561. The first kappa shape index (κ1) is 11.4. The molecule has 0 atom stereocenters. The largest absolute Gasteiger partial charge is 0.288 e. The third kappa shape index (κ3) is 2.36. The van der Waals surface area contributed by atoms with Crippen LogP contribution in [-0.2, 0) is 0 Å². The number of hydrogen-bond donors (Lipinski definition) is 0. The molecule has 0 unspecified atom stereocenters. The van der Waals surface area contributed by atoms with Gasteiger partial charge in [-0.3, -0.25) is 9.78 Å². The molecule has 4 heteroatoms. The van der Waals surface area contributed by atoms with E-state index in [9.17, 15) is 13.6 Å². The Morgan fingerprint density at radius 1 is 1.24 bits per heavy atom. The summed E-state index contributed by atoms with van der Waals surface area (Å²) >= 11 is 0. The molecule has 1 aromatic heterocycles. The lowest BCUT2D eigenvalue weighted by molar-refractivity contribution is 0.103. The number of rotatable bonds is 2. The number of carbonyl (C=O) groups is 1. The fourth-order valence-electron chi connectivity index (χ4n) is 1.58. The second-order valence-corrected chi connectivity index (χ2v) is 3.70. The van der Waals surface area contributed by atoms with Gasteiger partial charge in [0.15, 0.2) is 11.6 Å². The molecular weight excluding hydrogens is 224 g/mol. The molecule has 0 aliphatic carbocycles. The number of pyridine rings is 1. The van der Waals surface area contributed by atoms with E-state index in [1.807, 2.05) is 0 Å². The molecule has 2 aromatic rings. The zero-order chi connectivity index (χ0) is 12.4. The van der Waals surface area contributed by atoms with Crippen molar-refractivity contribution in [2.45, 2.75) is 6.92 Å². The van der Waals surface area contributed by atoms with Gasteiger partial charge in [-0.15, -0.1) is 0 Å². The van der Waals surface area contributed by atoms with Crippen molar-refractivity contribution < 1.29 is 13.6 Å². The van der Waals surface area contributed by atoms with Crippen molar-refractivity contribution in [1.29, 1.82) is 0 Å². The number of ketones is 1. The second-order valence-electron chi connectivity index (χ2n) is 3.70. The molecule has 0 amide bonds. The second kappa shape index (κ2) is 4.41. The Balaban J connectivity index is 2.48. The average Bonchev–Trinajstić information content (AvgIpc) is 2.27. The van der Waals surface area contributed by atoms with Crippen molar-refractivity contribution in [3.8, 4) is 0 Å². The summed E-state index contributed by atoms with van der Waals surface area (Å²) in [6, 6.07) is 5.19. The van der Waals surface area contributed by atoms with Gasteiger partial charge in [-0.2, -0.15) is 0 Å². The molecule has 0 N–H and O–H groups in total. The van der Waals surface area contributed by atoms with Crippen LogP contribution in [0.5, 0.6) is 0 Å². The number of aromatic nitrogens is 1. The van der Waals surface area contributed by atoms with Crippen LogP contribution < -0.4 is 0 Å². The summed E-state index contributed by atoms with van der Waals surface area (Å²) in [4.78, 5) is 15.5. The van der Waals surface area contributed by atoms with Crippen molar-refractivity contribution in [2.75, 3.05) is 0 Å². The molecule has 0 spiro atoms. The zero-order valence-electron chi connectivity index (χ0n) is 9.08. The van der Waals surface area contributed by atoms with E-state index in [4.69, 9.17) is 0 Å². The van der Waals surface area contributed by atoms with Crippen LogP contribution in [0, 0.1) is 18.6 Å². The van der Waals surface area contributed by atoms with E-state index in [-0.39, 0.29) is 11.1 Å². The van der Waals surface area contributed by atoms with Crippen LogP contribution in [0.3, 0.4) is 0 Å². The van der Waals surface area contributed by atoms with Crippen molar-refractivity contribution in [3.63, 3.8) is 0 Å². The standard InChI is InChI=1S/C13H9F2NO/c1-8-4-9(6-10(14)5-8)13(17)11-2-3-16-7-12(11)15/h2-7H,1H3. The fraction of sp³-hybridized carbons (Fsp3) is 0.0769. The molecule has 2 nitrogen and oxygen atoms in total. The quantitative estimate of drug-likeness (QED) is 0.746. The van der Waals surface area contributed by atoms with Gasteiger partial charge in [0.1, 0.15) is 5.82 Å². The number of benzene rings is 1. The molecule has 0 aliphatic rings. The Labute approximate surface area is 96.9 Å². The van der Waals surface area contributed by atoms with Gasteiger partial charge < -0.3 is 0 Å². The molecule has 17 heavy (non-hydrogen) atoms. The Hall–Kier alpha value is -2.10. The van der Waals surface area contributed by atoms with E-state index in [2.05, 4.69) is 4.98 Å². The van der Waals surface area contributed by atoms with E-state index in [1.54, 1.807) is 6.92 Å². The summed E-state index contributed by atoms with van der Waals surface area (Å²) in [6.45, 7) is 1.67. The minimum absolute atomic E-state index is 0.106. The van der Waals surface area contributed by atoms with Crippen LogP contribution in [-0.4, -0.2) is 10.8 Å². The number of aryl methyl sites for hydroxylation is 1. The molecule has 86 valence electrons. The van der Waals surface area contributed by atoms with E-state index in [1.165, 1.54) is 24.4 Å². The highest BCUT2D eigenvalue weighted by molar-refractivity contribution is 6.09. The molecule has 2 rings (SSSR count). The summed E-state index contributed by atoms with van der Waals surface area (Å²) in [6.07, 6.45) is 2.28. The van der Waals surface area contributed by atoms with Crippen molar-refractivity contribution in [1.82, 2.24) is 4.98 Å². The lowest BCUT2D eigenvalue weighted by atomic mass is 10.0. The normalized spacial score (nSPS) is 10.3. The van der Waals surface area contributed by atoms with Gasteiger partial charge in [-0.1, -0.05) is 0 Å². The minimum Gasteiger partial charge on any atom is -0.288 e. The lowest BCUT2D eigenvalue weighted by Crippen LogP contribution is -2.05. The molecule has 1 heterocycles. The number of carbonyl (C=O) groups excluding carboxylic acids is 1. The SMILES string of the molecule is Cc1cc(F)cc(C(=O)c2ccncc2F)c1. The van der Waals surface area contributed by atoms with Crippen LogP contribution in [0.2, 0.25) is 0 Å². The first-order valence-electron chi connectivity index (χ1n) is 4.99. The Morgan fingerprint density at radius 3 is 2.65 bits per heavy atom. The smallest absolute Gasteiger partial charge is 0.196 e. The highest BCUT2D eigenvalue weighted by Gasteiger charge is 2.14. The van der Waals surface area contributed by atoms with E-state index in [0.29, 0.717) is 5.56 Å². The van der Waals surface area contributed by atoms with Gasteiger partial charge in [0.2, 0.25) is 0 Å². The maximum atomic E-state index is 13.3. The topological polar surface area (TPSA) is 30.0 Å². The van der Waals surface area contributed by atoms with Crippen LogP contribution in [0.15, 0.2) is 36.7 Å². The molecule has 1 aromatic carbocycles. The molecule has 0 saturated heterocycles. The maximum Gasteiger partial charge on any atom is 0.196 e.